The number of carbonyl (C=O) groups is 1. The minimum atomic E-state index is -0.0613. The molecular formula is C32H26N4O2. The Morgan fingerprint density at radius 2 is 1.47 bits per heavy atom. The molecule has 1 aliphatic rings. The van der Waals surface area contributed by atoms with Crippen LogP contribution in [-0.4, -0.2) is 57.8 Å². The summed E-state index contributed by atoms with van der Waals surface area (Å²) in [5.74, 6) is -0.0613. The molecule has 7 rings (SSSR count). The highest BCUT2D eigenvalue weighted by atomic mass is 16.2. The molecule has 3 aromatic heterocycles. The molecule has 0 saturated carbocycles. The Morgan fingerprint density at radius 1 is 0.789 bits per heavy atom. The predicted octanol–water partition coefficient (Wildman–Crippen LogP) is 5.06. The number of carbonyl (C=O) groups excluding carboxylic acids is 1. The van der Waals surface area contributed by atoms with Crippen LogP contribution in [-0.2, 0) is 0 Å². The zero-order chi connectivity index (χ0) is 25.6. The summed E-state index contributed by atoms with van der Waals surface area (Å²) in [5, 5.41) is 3.23. The first-order chi connectivity index (χ1) is 18.7. The van der Waals surface area contributed by atoms with Gasteiger partial charge in [-0.15, -0.1) is 0 Å². The minimum absolute atomic E-state index is 0.0578. The Morgan fingerprint density at radius 3 is 2.26 bits per heavy atom. The molecule has 3 aromatic carbocycles. The van der Waals surface area contributed by atoms with E-state index in [-0.39, 0.29) is 11.5 Å². The van der Waals surface area contributed by atoms with Crippen molar-refractivity contribution in [1.29, 1.82) is 0 Å². The van der Waals surface area contributed by atoms with E-state index in [2.05, 4.69) is 29.2 Å². The van der Waals surface area contributed by atoms with Gasteiger partial charge < -0.3 is 4.90 Å². The Hall–Kier alpha value is -4.55. The van der Waals surface area contributed by atoms with Crippen LogP contribution in [0.1, 0.15) is 16.1 Å². The Bertz CT molecular complexity index is 1900. The van der Waals surface area contributed by atoms with Crippen LogP contribution in [0.3, 0.4) is 0 Å². The molecule has 1 aliphatic heterocycles. The molecule has 6 aromatic rings. The van der Waals surface area contributed by atoms with Crippen LogP contribution in [0.15, 0.2) is 95.8 Å². The quantitative estimate of drug-likeness (QED) is 0.319. The van der Waals surface area contributed by atoms with Gasteiger partial charge in [0.2, 0.25) is 0 Å². The van der Waals surface area contributed by atoms with Gasteiger partial charge in [-0.25, -0.2) is 4.98 Å². The molecule has 0 aliphatic carbocycles. The van der Waals surface area contributed by atoms with Gasteiger partial charge in [-0.05, 0) is 23.8 Å². The Labute approximate surface area is 219 Å². The van der Waals surface area contributed by atoms with Crippen molar-refractivity contribution in [3.8, 4) is 0 Å². The van der Waals surface area contributed by atoms with Gasteiger partial charge in [0.05, 0.1) is 16.6 Å². The summed E-state index contributed by atoms with van der Waals surface area (Å²) in [5.41, 5.74) is 3.88. The van der Waals surface area contributed by atoms with Crippen molar-refractivity contribution in [2.75, 3.05) is 32.7 Å². The zero-order valence-electron chi connectivity index (χ0n) is 20.9. The normalized spacial score (nSPS) is 15.0. The number of aromatic nitrogens is 2. The molecule has 1 saturated heterocycles. The van der Waals surface area contributed by atoms with Crippen molar-refractivity contribution < 1.29 is 4.79 Å². The fourth-order valence-corrected chi connectivity index (χ4v) is 5.69. The number of fused-ring (bicyclic) bond motifs is 5. The van der Waals surface area contributed by atoms with Crippen LogP contribution in [0.25, 0.3) is 44.2 Å². The first kappa shape index (κ1) is 22.6. The van der Waals surface area contributed by atoms with E-state index in [1.807, 2.05) is 77.7 Å². The average Bonchev–Trinajstić information content (AvgIpc) is 3.31. The van der Waals surface area contributed by atoms with Gasteiger partial charge in [-0.3, -0.25) is 18.9 Å². The fourth-order valence-electron chi connectivity index (χ4n) is 5.69. The SMILES string of the molecule is O=C(c1cc2c3ccccc3n3c(=O)c4ccccc4c(n1)c23)N1CCN(CC=Cc2ccccc2)CC1. The lowest BCUT2D eigenvalue weighted by molar-refractivity contribution is 0.0645. The highest BCUT2D eigenvalue weighted by Crippen LogP contribution is 2.33. The Balaban J connectivity index is 1.22. The molecule has 6 nitrogen and oxygen atoms in total. The molecule has 1 fully saturated rings. The van der Waals surface area contributed by atoms with E-state index < -0.39 is 0 Å². The van der Waals surface area contributed by atoms with Crippen LogP contribution in [0.5, 0.6) is 0 Å². The lowest BCUT2D eigenvalue weighted by Gasteiger charge is -2.34. The third kappa shape index (κ3) is 3.64. The number of benzene rings is 3. The summed E-state index contributed by atoms with van der Waals surface area (Å²) >= 11 is 0. The van der Waals surface area contributed by atoms with Crippen molar-refractivity contribution in [1.82, 2.24) is 19.2 Å². The second kappa shape index (κ2) is 9.08. The molecule has 0 atom stereocenters. The number of hydrogen-bond acceptors (Lipinski definition) is 4. The van der Waals surface area contributed by atoms with E-state index in [4.69, 9.17) is 4.98 Å². The molecule has 0 spiro atoms. The minimum Gasteiger partial charge on any atom is -0.335 e. The van der Waals surface area contributed by atoms with Gasteiger partial charge in [0, 0.05) is 54.3 Å². The van der Waals surface area contributed by atoms with Gasteiger partial charge in [0.1, 0.15) is 5.69 Å². The van der Waals surface area contributed by atoms with Crippen LogP contribution in [0, 0.1) is 0 Å². The lowest BCUT2D eigenvalue weighted by atomic mass is 10.1. The van der Waals surface area contributed by atoms with Gasteiger partial charge in [-0.1, -0.05) is 78.9 Å². The molecule has 0 unspecified atom stereocenters. The molecule has 186 valence electrons. The zero-order valence-corrected chi connectivity index (χ0v) is 20.9. The molecule has 6 heteroatoms. The van der Waals surface area contributed by atoms with Gasteiger partial charge >= 0.3 is 0 Å². The van der Waals surface area contributed by atoms with Crippen molar-refractivity contribution in [2.24, 2.45) is 0 Å². The van der Waals surface area contributed by atoms with Crippen LogP contribution in [0.4, 0.5) is 0 Å². The number of piperazine rings is 1. The van der Waals surface area contributed by atoms with Gasteiger partial charge in [-0.2, -0.15) is 0 Å². The number of rotatable bonds is 4. The number of amides is 1. The average molecular weight is 499 g/mol. The fraction of sp³-hybridized carbons (Fsp3) is 0.156. The van der Waals surface area contributed by atoms with Crippen LogP contribution >= 0.6 is 0 Å². The first-order valence-electron chi connectivity index (χ1n) is 13.0. The Kier molecular flexibility index (Phi) is 5.41. The van der Waals surface area contributed by atoms with Crippen LogP contribution in [0.2, 0.25) is 0 Å². The van der Waals surface area contributed by atoms with E-state index in [1.165, 1.54) is 5.56 Å². The van der Waals surface area contributed by atoms with Gasteiger partial charge in [0.25, 0.3) is 11.5 Å². The standard InChI is InChI=1S/C32H26N4O2/c37-31-25-14-5-4-13-24(25)29-30-26(23-12-6-7-15-28(23)36(30)31)21-27(33-29)32(38)35-19-17-34(18-20-35)16-8-11-22-9-2-1-3-10-22/h1-15,21H,16-20H2. The molecule has 4 heterocycles. The summed E-state index contributed by atoms with van der Waals surface area (Å²) in [7, 11) is 0. The highest BCUT2D eigenvalue weighted by molar-refractivity contribution is 6.20. The summed E-state index contributed by atoms with van der Waals surface area (Å²) in [4.78, 5) is 36.3. The van der Waals surface area contributed by atoms with Gasteiger partial charge in [0.15, 0.2) is 0 Å². The largest absolute Gasteiger partial charge is 0.335 e. The molecule has 0 radical (unpaired) electrons. The topological polar surface area (TPSA) is 57.9 Å². The smallest absolute Gasteiger partial charge is 0.272 e. The van der Waals surface area contributed by atoms with E-state index in [0.29, 0.717) is 29.7 Å². The maximum absolute atomic E-state index is 13.7. The number of pyridine rings is 2. The maximum atomic E-state index is 13.7. The second-order valence-corrected chi connectivity index (χ2v) is 9.86. The first-order valence-corrected chi connectivity index (χ1v) is 13.0. The highest BCUT2D eigenvalue weighted by Gasteiger charge is 2.25. The summed E-state index contributed by atoms with van der Waals surface area (Å²) < 4.78 is 1.76. The maximum Gasteiger partial charge on any atom is 0.272 e. The lowest BCUT2D eigenvalue weighted by Crippen LogP contribution is -2.48. The number of hydrogen-bond donors (Lipinski definition) is 0. The third-order valence-corrected chi connectivity index (χ3v) is 7.62. The summed E-state index contributed by atoms with van der Waals surface area (Å²) in [6, 6.07) is 27.6. The molecule has 38 heavy (non-hydrogen) atoms. The predicted molar refractivity (Wildman–Crippen MR) is 153 cm³/mol. The van der Waals surface area contributed by atoms with Crippen molar-refractivity contribution >= 4 is 50.1 Å². The van der Waals surface area contributed by atoms with E-state index in [0.717, 1.165) is 46.8 Å². The molecule has 0 N–H and O–H groups in total. The van der Waals surface area contributed by atoms with Crippen molar-refractivity contribution in [2.45, 2.75) is 0 Å². The number of para-hydroxylation sites is 1. The van der Waals surface area contributed by atoms with Crippen LogP contribution < -0.4 is 5.56 Å². The molecular weight excluding hydrogens is 472 g/mol. The summed E-state index contributed by atoms with van der Waals surface area (Å²) in [6.07, 6.45) is 4.32. The van der Waals surface area contributed by atoms with E-state index >= 15 is 0 Å². The number of nitrogens with zero attached hydrogens (tertiary/aromatic N) is 4. The third-order valence-electron chi connectivity index (χ3n) is 7.62. The van der Waals surface area contributed by atoms with Crippen molar-refractivity contribution in [3.63, 3.8) is 0 Å². The monoisotopic (exact) mass is 498 g/mol. The molecule has 0 bridgehead atoms. The van der Waals surface area contributed by atoms with E-state index in [9.17, 15) is 9.59 Å². The molecule has 1 amide bonds. The second-order valence-electron chi connectivity index (χ2n) is 9.86. The van der Waals surface area contributed by atoms with Crippen molar-refractivity contribution in [3.05, 3.63) is 113 Å². The van der Waals surface area contributed by atoms with E-state index in [1.54, 1.807) is 4.40 Å². The summed E-state index contributed by atoms with van der Waals surface area (Å²) in [6.45, 7) is 3.80.